The number of para-hydroxylation sites is 2. The summed E-state index contributed by atoms with van der Waals surface area (Å²) in [4.78, 5) is 45.2. The van der Waals surface area contributed by atoms with Crippen molar-refractivity contribution in [1.29, 1.82) is 0 Å². The first-order valence-corrected chi connectivity index (χ1v) is 44.5. The number of aromatic nitrogens is 9. The second-order valence-corrected chi connectivity index (χ2v) is 33.7. The van der Waals surface area contributed by atoms with Gasteiger partial charge in [0.15, 0.2) is 52.4 Å². The normalized spacial score (nSPS) is 11.5. The van der Waals surface area contributed by atoms with Crippen molar-refractivity contribution in [2.75, 3.05) is 0 Å². The molecular formula is C119H73N9O2S. The highest BCUT2D eigenvalue weighted by molar-refractivity contribution is 7.25. The van der Waals surface area contributed by atoms with Gasteiger partial charge in [-0.25, -0.2) is 44.9 Å². The molecule has 12 heteroatoms. The Bertz CT molecular complexity index is 8880. The van der Waals surface area contributed by atoms with Gasteiger partial charge < -0.3 is 8.83 Å². The van der Waals surface area contributed by atoms with Crippen LogP contribution in [0.4, 0.5) is 0 Å². The molecule has 6 aromatic heterocycles. The van der Waals surface area contributed by atoms with Crippen LogP contribution in [-0.4, -0.2) is 44.9 Å². The molecule has 0 amide bonds. The summed E-state index contributed by atoms with van der Waals surface area (Å²) in [5.74, 6) is 5.83. The van der Waals surface area contributed by atoms with Gasteiger partial charge in [-0.2, -0.15) is 0 Å². The van der Waals surface area contributed by atoms with E-state index in [4.69, 9.17) is 53.7 Å². The summed E-state index contributed by atoms with van der Waals surface area (Å²) < 4.78 is 14.8. The van der Waals surface area contributed by atoms with Gasteiger partial charge >= 0.3 is 0 Å². The summed E-state index contributed by atoms with van der Waals surface area (Å²) in [5.41, 5.74) is 18.9. The lowest BCUT2D eigenvalue weighted by molar-refractivity contribution is 0.668. The standard InChI is InChI=1S/C41H25N3O.C41H25N3S.C37H23N3O/c1-2-11-27(12-3-1)39-42-40(31-19-18-26-10-4-5-13-28(26)22-31)44-41(43-39)32-23-29-14-6-7-15-33(29)35(25-32)30-20-21-38-36(24-30)34-16-8-9-17-37(34)45-38;1-2-11-28(12-3-1)39-42-40(31-21-20-26-10-4-5-13-29(26)24-31)44-41(43-39)35-18-9-15-27-14-8-17-32(38(27)35)30-22-23-34-33-16-6-7-19-36(33)45-37(34)25-30;1-3-11-24(12-4-1)35-38-36(25-13-5-2-6-14-25)40-37(39-35)28-21-26-15-7-8-16-29(26)31(23-28)27-19-20-34-32(22-27)30-17-9-10-18-33(30)41-34/h2*1-25H;1-23H. The average Bonchev–Trinajstić information content (AvgIpc) is 1.70. The number of fused-ring (bicyclic) bond motifs is 14. The van der Waals surface area contributed by atoms with Crippen LogP contribution in [0.3, 0.4) is 0 Å². The molecule has 0 aliphatic heterocycles. The molecule has 0 atom stereocenters. The number of rotatable bonds is 12. The minimum absolute atomic E-state index is 0.633. The van der Waals surface area contributed by atoms with Crippen molar-refractivity contribution in [2.24, 2.45) is 0 Å². The predicted molar refractivity (Wildman–Crippen MR) is 540 cm³/mol. The largest absolute Gasteiger partial charge is 0.456 e. The van der Waals surface area contributed by atoms with Crippen LogP contribution in [0.2, 0.25) is 0 Å². The minimum atomic E-state index is 0.633. The lowest BCUT2D eigenvalue weighted by atomic mass is 9.93. The van der Waals surface area contributed by atoms with Gasteiger partial charge in [-0.15, -0.1) is 11.3 Å². The van der Waals surface area contributed by atoms with E-state index in [1.54, 1.807) is 0 Å². The Morgan fingerprint density at radius 2 is 0.458 bits per heavy atom. The van der Waals surface area contributed by atoms with E-state index < -0.39 is 0 Å². The lowest BCUT2D eigenvalue weighted by Crippen LogP contribution is -2.01. The van der Waals surface area contributed by atoms with Crippen molar-refractivity contribution in [3.05, 3.63) is 443 Å². The first-order chi connectivity index (χ1) is 64.8. The quantitative estimate of drug-likeness (QED) is 0.115. The molecular weight excluding hydrogens is 1620 g/mol. The highest BCUT2D eigenvalue weighted by atomic mass is 32.1. The second kappa shape index (κ2) is 33.1. The third-order valence-corrected chi connectivity index (χ3v) is 25.6. The SMILES string of the molecule is c1ccc(-c2nc(-c3ccc4ccccc4c3)nc(-c3cc(-c4ccc5oc6ccccc6c5c4)c4ccccc4c3)n2)cc1.c1ccc(-c2nc(-c3ccc4ccccc4c3)nc(-c3cccc4cccc(-c5ccc6c(c5)sc5ccccc56)c34)n2)cc1.c1ccc(-c2nc(-c3ccccc3)nc(-c3cc(-c4ccc5oc6ccccc6c5c4)c4ccccc4c3)n2)cc1. The number of benzene rings is 20. The van der Waals surface area contributed by atoms with Gasteiger partial charge in [0.2, 0.25) is 0 Å². The fraction of sp³-hybridized carbons (Fsp3) is 0. The molecule has 0 unspecified atom stereocenters. The van der Waals surface area contributed by atoms with Crippen molar-refractivity contribution in [2.45, 2.75) is 0 Å². The molecule has 0 radical (unpaired) electrons. The molecule has 131 heavy (non-hydrogen) atoms. The molecule has 6 heterocycles. The predicted octanol–water partition coefficient (Wildman–Crippen LogP) is 31.6. The first-order valence-electron chi connectivity index (χ1n) is 43.7. The number of hydrogen-bond donors (Lipinski definition) is 0. The zero-order valence-corrected chi connectivity index (χ0v) is 71.2. The molecule has 0 N–H and O–H groups in total. The maximum Gasteiger partial charge on any atom is 0.164 e. The molecule has 20 aromatic carbocycles. The Morgan fingerprint density at radius 1 is 0.145 bits per heavy atom. The van der Waals surface area contributed by atoms with Crippen molar-refractivity contribution < 1.29 is 8.83 Å². The maximum atomic E-state index is 6.13. The molecule has 0 saturated carbocycles. The van der Waals surface area contributed by atoms with Crippen LogP contribution in [0.15, 0.2) is 452 Å². The lowest BCUT2D eigenvalue weighted by Gasteiger charge is -2.14. The molecule has 0 saturated heterocycles. The summed E-state index contributed by atoms with van der Waals surface area (Å²) in [6.07, 6.45) is 0. The molecule has 26 aromatic rings. The van der Waals surface area contributed by atoms with Crippen LogP contribution >= 0.6 is 11.3 Å². The van der Waals surface area contributed by atoms with Crippen LogP contribution in [0.25, 0.3) is 254 Å². The van der Waals surface area contributed by atoms with Gasteiger partial charge in [-0.05, 0) is 167 Å². The molecule has 26 rings (SSSR count). The van der Waals surface area contributed by atoms with Crippen molar-refractivity contribution in [3.63, 3.8) is 0 Å². The Balaban J connectivity index is 0.000000109. The highest BCUT2D eigenvalue weighted by Gasteiger charge is 2.23. The van der Waals surface area contributed by atoms with Gasteiger partial charge in [0.1, 0.15) is 22.3 Å². The average molecular weight is 1690 g/mol. The van der Waals surface area contributed by atoms with Crippen LogP contribution in [-0.2, 0) is 0 Å². The summed E-state index contributed by atoms with van der Waals surface area (Å²) in [6, 6.07) is 153. The third-order valence-electron chi connectivity index (χ3n) is 24.5. The third kappa shape index (κ3) is 14.8. The number of thiophene rings is 1. The van der Waals surface area contributed by atoms with E-state index >= 15 is 0 Å². The molecule has 0 bridgehead atoms. The fourth-order valence-electron chi connectivity index (χ4n) is 18.1. The second-order valence-electron chi connectivity index (χ2n) is 32.6. The van der Waals surface area contributed by atoms with Crippen LogP contribution < -0.4 is 0 Å². The number of nitrogens with zero attached hydrogens (tertiary/aromatic N) is 9. The monoisotopic (exact) mass is 1690 g/mol. The van der Waals surface area contributed by atoms with Gasteiger partial charge in [0.25, 0.3) is 0 Å². The molecule has 612 valence electrons. The van der Waals surface area contributed by atoms with E-state index in [1.165, 1.54) is 47.3 Å². The van der Waals surface area contributed by atoms with Crippen molar-refractivity contribution >= 4 is 129 Å². The molecule has 0 aliphatic carbocycles. The number of hydrogen-bond acceptors (Lipinski definition) is 12. The maximum absolute atomic E-state index is 6.13. The van der Waals surface area contributed by atoms with Gasteiger partial charge in [-0.1, -0.05) is 358 Å². The Labute approximate surface area is 756 Å². The first kappa shape index (κ1) is 77.1. The van der Waals surface area contributed by atoms with Gasteiger partial charge in [-0.3, -0.25) is 0 Å². The van der Waals surface area contributed by atoms with Crippen molar-refractivity contribution in [3.8, 4) is 136 Å². The van der Waals surface area contributed by atoms with Crippen LogP contribution in [0, 0.1) is 0 Å². The summed E-state index contributed by atoms with van der Waals surface area (Å²) >= 11 is 1.84. The van der Waals surface area contributed by atoms with E-state index in [1.807, 2.05) is 145 Å². The Kier molecular flexibility index (Phi) is 19.5. The summed E-state index contributed by atoms with van der Waals surface area (Å²) in [6.45, 7) is 0. The van der Waals surface area contributed by atoms with Crippen LogP contribution in [0.1, 0.15) is 0 Å². The summed E-state index contributed by atoms with van der Waals surface area (Å²) in [5, 5.41) is 18.6. The molecule has 0 fully saturated rings. The number of furan rings is 2. The van der Waals surface area contributed by atoms with Gasteiger partial charge in [0, 0.05) is 97.2 Å². The van der Waals surface area contributed by atoms with E-state index in [0.717, 1.165) is 154 Å². The summed E-state index contributed by atoms with van der Waals surface area (Å²) in [7, 11) is 0. The van der Waals surface area contributed by atoms with E-state index in [2.05, 4.69) is 309 Å². The van der Waals surface area contributed by atoms with E-state index in [-0.39, 0.29) is 0 Å². The smallest absolute Gasteiger partial charge is 0.164 e. The minimum Gasteiger partial charge on any atom is -0.456 e. The molecule has 11 nitrogen and oxygen atoms in total. The fourth-order valence-corrected chi connectivity index (χ4v) is 19.2. The zero-order chi connectivity index (χ0) is 86.7. The van der Waals surface area contributed by atoms with E-state index in [0.29, 0.717) is 52.4 Å². The Hall–Kier alpha value is -17.5. The molecule has 0 aliphatic rings. The van der Waals surface area contributed by atoms with Crippen molar-refractivity contribution in [1.82, 2.24) is 44.9 Å². The topological polar surface area (TPSA) is 142 Å². The highest BCUT2D eigenvalue weighted by Crippen LogP contribution is 2.45. The Morgan fingerprint density at radius 3 is 0.916 bits per heavy atom. The molecule has 0 spiro atoms. The zero-order valence-electron chi connectivity index (χ0n) is 70.4. The van der Waals surface area contributed by atoms with Gasteiger partial charge in [0.05, 0.1) is 0 Å². The van der Waals surface area contributed by atoms with Crippen LogP contribution in [0.5, 0.6) is 0 Å². The van der Waals surface area contributed by atoms with E-state index in [9.17, 15) is 0 Å².